The highest BCUT2D eigenvalue weighted by atomic mass is 35.5. The van der Waals surface area contributed by atoms with Gasteiger partial charge >= 0.3 is 0 Å². The highest BCUT2D eigenvalue weighted by molar-refractivity contribution is 7.09. The molecule has 1 aliphatic heterocycles. The molecule has 0 atom stereocenters. The van der Waals surface area contributed by atoms with Crippen molar-refractivity contribution in [1.29, 1.82) is 0 Å². The van der Waals surface area contributed by atoms with E-state index in [-0.39, 0.29) is 12.5 Å². The quantitative estimate of drug-likeness (QED) is 0.628. The topological polar surface area (TPSA) is 50.8 Å². The van der Waals surface area contributed by atoms with E-state index >= 15 is 0 Å². The van der Waals surface area contributed by atoms with Crippen LogP contribution in [0.25, 0.3) is 0 Å². The Hall–Kier alpha value is -2.70. The van der Waals surface area contributed by atoms with Crippen molar-refractivity contribution in [2.75, 3.05) is 30.0 Å². The molecule has 144 valence electrons. The standard InChI is InChI=1S/C21H19ClN2O3S/c22-15-3-1-4-16(11-15)23-13-21(25)24(14-18-5-2-10-28-18)17-6-7-19-20(12-17)27-9-8-26-19/h1-7,10-12,23H,8-9,13-14H2. The van der Waals surface area contributed by atoms with Gasteiger partial charge in [-0.15, -0.1) is 11.3 Å². The van der Waals surface area contributed by atoms with Crippen LogP contribution in [0.3, 0.4) is 0 Å². The van der Waals surface area contributed by atoms with E-state index in [9.17, 15) is 4.79 Å². The molecule has 28 heavy (non-hydrogen) atoms. The number of benzene rings is 2. The van der Waals surface area contributed by atoms with E-state index in [1.54, 1.807) is 28.4 Å². The summed E-state index contributed by atoms with van der Waals surface area (Å²) in [6, 6.07) is 16.9. The number of nitrogens with one attached hydrogen (secondary N) is 1. The van der Waals surface area contributed by atoms with Gasteiger partial charge < -0.3 is 19.7 Å². The van der Waals surface area contributed by atoms with E-state index in [0.29, 0.717) is 36.3 Å². The second-order valence-corrected chi connectivity index (χ2v) is 7.72. The van der Waals surface area contributed by atoms with Gasteiger partial charge in [0.15, 0.2) is 11.5 Å². The molecule has 5 nitrogen and oxygen atoms in total. The molecule has 1 amide bonds. The molecule has 0 spiro atoms. The second-order valence-electron chi connectivity index (χ2n) is 6.25. The number of hydrogen-bond donors (Lipinski definition) is 1. The van der Waals surface area contributed by atoms with Crippen LogP contribution in [0.4, 0.5) is 11.4 Å². The van der Waals surface area contributed by atoms with E-state index in [4.69, 9.17) is 21.1 Å². The number of nitrogens with zero attached hydrogens (tertiary/aromatic N) is 1. The summed E-state index contributed by atoms with van der Waals surface area (Å²) >= 11 is 7.64. The fraction of sp³-hybridized carbons (Fsp3) is 0.190. The van der Waals surface area contributed by atoms with Crippen LogP contribution in [0.1, 0.15) is 4.88 Å². The Bertz CT molecular complexity index is 962. The van der Waals surface area contributed by atoms with Gasteiger partial charge in [-0.3, -0.25) is 4.79 Å². The lowest BCUT2D eigenvalue weighted by Gasteiger charge is -2.25. The molecule has 0 aliphatic carbocycles. The van der Waals surface area contributed by atoms with E-state index in [1.165, 1.54) is 0 Å². The van der Waals surface area contributed by atoms with Crippen LogP contribution in [0, 0.1) is 0 Å². The number of thiophene rings is 1. The minimum atomic E-state index is -0.0509. The average Bonchev–Trinajstić information content (AvgIpc) is 3.23. The number of rotatable bonds is 6. The van der Waals surface area contributed by atoms with Crippen LogP contribution in [0.15, 0.2) is 60.0 Å². The monoisotopic (exact) mass is 414 g/mol. The van der Waals surface area contributed by atoms with Crippen molar-refractivity contribution >= 4 is 40.2 Å². The van der Waals surface area contributed by atoms with Crippen LogP contribution in [0.2, 0.25) is 5.02 Å². The molecule has 0 saturated carbocycles. The average molecular weight is 415 g/mol. The molecular weight excluding hydrogens is 396 g/mol. The summed E-state index contributed by atoms with van der Waals surface area (Å²) in [5.74, 6) is 1.32. The minimum absolute atomic E-state index is 0.0509. The van der Waals surface area contributed by atoms with Crippen LogP contribution in [0.5, 0.6) is 11.5 Å². The molecule has 7 heteroatoms. The molecule has 4 rings (SSSR count). The highest BCUT2D eigenvalue weighted by Crippen LogP contribution is 2.34. The number of carbonyl (C=O) groups is 1. The smallest absolute Gasteiger partial charge is 0.246 e. The summed E-state index contributed by atoms with van der Waals surface area (Å²) in [6.07, 6.45) is 0. The first kappa shape index (κ1) is 18.7. The number of carbonyl (C=O) groups excluding carboxylic acids is 1. The van der Waals surface area contributed by atoms with Gasteiger partial charge in [-0.25, -0.2) is 0 Å². The molecule has 2 aromatic carbocycles. The fourth-order valence-electron chi connectivity index (χ4n) is 2.95. The van der Waals surface area contributed by atoms with Crippen molar-refractivity contribution in [2.45, 2.75) is 6.54 Å². The largest absolute Gasteiger partial charge is 0.486 e. The van der Waals surface area contributed by atoms with E-state index in [2.05, 4.69) is 5.32 Å². The number of amides is 1. The normalized spacial score (nSPS) is 12.5. The first-order chi connectivity index (χ1) is 13.7. The van der Waals surface area contributed by atoms with Crippen molar-refractivity contribution in [3.05, 3.63) is 69.9 Å². The molecular formula is C21H19ClN2O3S. The van der Waals surface area contributed by atoms with Crippen molar-refractivity contribution in [3.63, 3.8) is 0 Å². The Morgan fingerprint density at radius 1 is 1.07 bits per heavy atom. The zero-order valence-corrected chi connectivity index (χ0v) is 16.6. The lowest BCUT2D eigenvalue weighted by molar-refractivity contribution is -0.117. The van der Waals surface area contributed by atoms with Gasteiger partial charge in [-0.1, -0.05) is 23.7 Å². The third kappa shape index (κ3) is 4.40. The summed E-state index contributed by atoms with van der Waals surface area (Å²) in [5, 5.41) is 5.78. The summed E-state index contributed by atoms with van der Waals surface area (Å²) in [7, 11) is 0. The summed E-state index contributed by atoms with van der Waals surface area (Å²) < 4.78 is 11.3. The van der Waals surface area contributed by atoms with Gasteiger partial charge in [0.1, 0.15) is 13.2 Å². The van der Waals surface area contributed by atoms with Crippen molar-refractivity contribution in [3.8, 4) is 11.5 Å². The highest BCUT2D eigenvalue weighted by Gasteiger charge is 2.20. The van der Waals surface area contributed by atoms with Crippen molar-refractivity contribution in [2.24, 2.45) is 0 Å². The summed E-state index contributed by atoms with van der Waals surface area (Å²) in [4.78, 5) is 15.9. The van der Waals surface area contributed by atoms with E-state index in [0.717, 1.165) is 16.3 Å². The Morgan fingerprint density at radius 3 is 2.71 bits per heavy atom. The van der Waals surface area contributed by atoms with Crippen LogP contribution in [-0.2, 0) is 11.3 Å². The SMILES string of the molecule is O=C(CNc1cccc(Cl)c1)N(Cc1cccs1)c1ccc2c(c1)OCCO2. The van der Waals surface area contributed by atoms with Gasteiger partial charge in [0.25, 0.3) is 0 Å². The Balaban J connectivity index is 1.55. The number of anilines is 2. The van der Waals surface area contributed by atoms with E-state index < -0.39 is 0 Å². The Morgan fingerprint density at radius 2 is 1.93 bits per heavy atom. The molecule has 0 saturated heterocycles. The molecule has 0 bridgehead atoms. The van der Waals surface area contributed by atoms with Gasteiger partial charge in [-0.2, -0.15) is 0 Å². The van der Waals surface area contributed by atoms with Gasteiger partial charge in [-0.05, 0) is 41.8 Å². The Kier molecular flexibility index (Phi) is 5.69. The zero-order valence-electron chi connectivity index (χ0n) is 15.1. The number of ether oxygens (including phenoxy) is 2. The van der Waals surface area contributed by atoms with Crippen LogP contribution in [-0.4, -0.2) is 25.7 Å². The minimum Gasteiger partial charge on any atom is -0.486 e. The first-order valence-electron chi connectivity index (χ1n) is 8.91. The molecule has 1 N–H and O–H groups in total. The maximum absolute atomic E-state index is 13.1. The second kappa shape index (κ2) is 8.54. The van der Waals surface area contributed by atoms with Crippen LogP contribution < -0.4 is 19.7 Å². The summed E-state index contributed by atoms with van der Waals surface area (Å²) in [6.45, 7) is 1.69. The number of fused-ring (bicyclic) bond motifs is 1. The summed E-state index contributed by atoms with van der Waals surface area (Å²) in [5.41, 5.74) is 1.58. The third-order valence-corrected chi connectivity index (χ3v) is 5.40. The van der Waals surface area contributed by atoms with Gasteiger partial charge in [0.2, 0.25) is 5.91 Å². The van der Waals surface area contributed by atoms with Crippen molar-refractivity contribution < 1.29 is 14.3 Å². The molecule has 0 unspecified atom stereocenters. The van der Waals surface area contributed by atoms with Gasteiger partial charge in [0, 0.05) is 27.3 Å². The predicted octanol–water partition coefficient (Wildman–Crippen LogP) is 4.82. The van der Waals surface area contributed by atoms with E-state index in [1.807, 2.05) is 47.8 Å². The molecule has 2 heterocycles. The molecule has 1 aliphatic rings. The maximum atomic E-state index is 13.1. The lowest BCUT2D eigenvalue weighted by Crippen LogP contribution is -2.35. The molecule has 0 fully saturated rings. The van der Waals surface area contributed by atoms with Crippen LogP contribution >= 0.6 is 22.9 Å². The zero-order chi connectivity index (χ0) is 19.3. The number of halogens is 1. The fourth-order valence-corrected chi connectivity index (χ4v) is 3.84. The predicted molar refractivity (Wildman–Crippen MR) is 113 cm³/mol. The third-order valence-electron chi connectivity index (χ3n) is 4.30. The molecule has 0 radical (unpaired) electrons. The number of hydrogen-bond acceptors (Lipinski definition) is 5. The van der Waals surface area contributed by atoms with Gasteiger partial charge in [0.05, 0.1) is 13.1 Å². The first-order valence-corrected chi connectivity index (χ1v) is 10.2. The molecule has 1 aromatic heterocycles. The van der Waals surface area contributed by atoms with Crippen molar-refractivity contribution in [1.82, 2.24) is 0 Å². The maximum Gasteiger partial charge on any atom is 0.246 e. The molecule has 3 aromatic rings. The Labute approximate surface area is 172 Å². The lowest BCUT2D eigenvalue weighted by atomic mass is 10.2.